The van der Waals surface area contributed by atoms with E-state index in [1.165, 1.54) is 6.07 Å². The number of fused-ring (bicyclic) bond motifs is 4. The quantitative estimate of drug-likeness (QED) is 0.572. The van der Waals surface area contributed by atoms with E-state index in [1.54, 1.807) is 0 Å². The SMILES string of the molecule is O=C(NCc1ccc(F)cc1F)C1CN2C[C@H]3N(C[C@H]4CCCCN43)C(=O)C2=C(OCc2ccccc2)C1=O. The van der Waals surface area contributed by atoms with Crippen molar-refractivity contribution in [3.8, 4) is 0 Å². The fraction of sp³-hybridized carbons (Fsp3) is 0.414. The van der Waals surface area contributed by atoms with Gasteiger partial charge >= 0.3 is 0 Å². The maximum atomic E-state index is 14.1. The number of hydrogen-bond donors (Lipinski definition) is 1. The summed E-state index contributed by atoms with van der Waals surface area (Å²) in [4.78, 5) is 46.8. The monoisotopic (exact) mass is 536 g/mol. The summed E-state index contributed by atoms with van der Waals surface area (Å²) in [7, 11) is 0. The molecule has 10 heteroatoms. The first-order valence-electron chi connectivity index (χ1n) is 13.4. The van der Waals surface area contributed by atoms with Crippen molar-refractivity contribution in [2.24, 2.45) is 5.92 Å². The minimum absolute atomic E-state index is 0.0265. The van der Waals surface area contributed by atoms with Gasteiger partial charge in [-0.15, -0.1) is 0 Å². The van der Waals surface area contributed by atoms with Crippen LogP contribution in [0.4, 0.5) is 8.78 Å². The molecule has 3 fully saturated rings. The molecule has 39 heavy (non-hydrogen) atoms. The van der Waals surface area contributed by atoms with Gasteiger partial charge in [0.2, 0.25) is 11.7 Å². The molecule has 0 spiro atoms. The summed E-state index contributed by atoms with van der Waals surface area (Å²) in [5.41, 5.74) is 1.14. The molecule has 4 aliphatic heterocycles. The van der Waals surface area contributed by atoms with Gasteiger partial charge in [-0.1, -0.05) is 42.8 Å². The Balaban J connectivity index is 1.27. The van der Waals surface area contributed by atoms with Gasteiger partial charge in [0.25, 0.3) is 5.91 Å². The molecular weight excluding hydrogens is 506 g/mol. The van der Waals surface area contributed by atoms with Crippen molar-refractivity contribution in [3.63, 3.8) is 0 Å². The van der Waals surface area contributed by atoms with Crippen LogP contribution >= 0.6 is 0 Å². The second-order valence-electron chi connectivity index (χ2n) is 10.6. The molecule has 2 amide bonds. The summed E-state index contributed by atoms with van der Waals surface area (Å²) >= 11 is 0. The van der Waals surface area contributed by atoms with E-state index in [1.807, 2.05) is 40.1 Å². The number of piperazine rings is 1. The van der Waals surface area contributed by atoms with Gasteiger partial charge in [0.1, 0.15) is 36.0 Å². The molecule has 0 radical (unpaired) electrons. The van der Waals surface area contributed by atoms with Gasteiger partial charge in [0, 0.05) is 43.9 Å². The lowest BCUT2D eigenvalue weighted by atomic mass is 9.93. The van der Waals surface area contributed by atoms with Crippen LogP contribution in [0.1, 0.15) is 30.4 Å². The van der Waals surface area contributed by atoms with E-state index in [9.17, 15) is 23.2 Å². The average Bonchev–Trinajstić information content (AvgIpc) is 3.31. The molecule has 6 rings (SSSR count). The van der Waals surface area contributed by atoms with Crippen molar-refractivity contribution in [3.05, 3.63) is 82.7 Å². The highest BCUT2D eigenvalue weighted by Crippen LogP contribution is 2.37. The highest BCUT2D eigenvalue weighted by Gasteiger charge is 2.52. The Morgan fingerprint density at radius 3 is 2.64 bits per heavy atom. The van der Waals surface area contributed by atoms with Crippen LogP contribution in [0.5, 0.6) is 0 Å². The zero-order valence-corrected chi connectivity index (χ0v) is 21.4. The summed E-state index contributed by atoms with van der Waals surface area (Å²) < 4.78 is 33.4. The number of halogens is 2. The molecule has 0 aromatic heterocycles. The third kappa shape index (κ3) is 4.78. The number of carbonyl (C=O) groups is 3. The van der Waals surface area contributed by atoms with Crippen molar-refractivity contribution < 1.29 is 27.9 Å². The predicted octanol–water partition coefficient (Wildman–Crippen LogP) is 2.55. The third-order valence-corrected chi connectivity index (χ3v) is 8.16. The Bertz CT molecular complexity index is 1330. The zero-order valence-electron chi connectivity index (χ0n) is 21.4. The number of nitrogens with zero attached hydrogens (tertiary/aromatic N) is 3. The van der Waals surface area contributed by atoms with E-state index in [0.29, 0.717) is 19.1 Å². The van der Waals surface area contributed by atoms with Gasteiger partial charge in [-0.2, -0.15) is 0 Å². The fourth-order valence-electron chi connectivity index (χ4n) is 6.15. The van der Waals surface area contributed by atoms with Crippen molar-refractivity contribution >= 4 is 17.6 Å². The second kappa shape index (κ2) is 10.4. The maximum Gasteiger partial charge on any atom is 0.275 e. The fourth-order valence-corrected chi connectivity index (χ4v) is 6.15. The van der Waals surface area contributed by atoms with Crippen LogP contribution < -0.4 is 5.32 Å². The van der Waals surface area contributed by atoms with Gasteiger partial charge in [-0.25, -0.2) is 8.78 Å². The highest BCUT2D eigenvalue weighted by atomic mass is 19.1. The smallest absolute Gasteiger partial charge is 0.275 e. The molecule has 2 aromatic carbocycles. The minimum Gasteiger partial charge on any atom is -0.483 e. The summed E-state index contributed by atoms with van der Waals surface area (Å²) in [6, 6.07) is 12.7. The summed E-state index contributed by atoms with van der Waals surface area (Å²) in [5, 5.41) is 2.62. The Labute approximate surface area is 225 Å². The van der Waals surface area contributed by atoms with E-state index in [0.717, 1.165) is 43.5 Å². The minimum atomic E-state index is -1.14. The second-order valence-corrected chi connectivity index (χ2v) is 10.6. The lowest BCUT2D eigenvalue weighted by molar-refractivity contribution is -0.144. The molecule has 8 nitrogen and oxygen atoms in total. The van der Waals surface area contributed by atoms with E-state index in [-0.39, 0.29) is 48.8 Å². The number of piperidine rings is 1. The molecule has 3 atom stereocenters. The lowest BCUT2D eigenvalue weighted by Gasteiger charge is -2.45. The molecule has 3 saturated heterocycles. The Morgan fingerprint density at radius 1 is 1.03 bits per heavy atom. The van der Waals surface area contributed by atoms with Crippen molar-refractivity contribution in [2.75, 3.05) is 26.2 Å². The molecule has 1 unspecified atom stereocenters. The number of allylic oxidation sites excluding steroid dienone is 1. The summed E-state index contributed by atoms with van der Waals surface area (Å²) in [5.74, 6) is -4.15. The third-order valence-electron chi connectivity index (χ3n) is 8.16. The van der Waals surface area contributed by atoms with Crippen molar-refractivity contribution in [1.82, 2.24) is 20.0 Å². The normalized spacial score (nSPS) is 24.8. The van der Waals surface area contributed by atoms with Crippen molar-refractivity contribution in [1.29, 1.82) is 0 Å². The molecule has 2 aromatic rings. The van der Waals surface area contributed by atoms with Crippen LogP contribution in [0.2, 0.25) is 0 Å². The van der Waals surface area contributed by atoms with Gasteiger partial charge in [0.05, 0.1) is 6.54 Å². The van der Waals surface area contributed by atoms with Crippen LogP contribution in [-0.4, -0.2) is 70.7 Å². The molecule has 0 bridgehead atoms. The van der Waals surface area contributed by atoms with E-state index >= 15 is 0 Å². The number of hydrogen-bond acceptors (Lipinski definition) is 6. The molecule has 0 aliphatic carbocycles. The molecule has 0 saturated carbocycles. The topological polar surface area (TPSA) is 82.2 Å². The number of nitrogens with one attached hydrogen (secondary N) is 1. The largest absolute Gasteiger partial charge is 0.483 e. The summed E-state index contributed by atoms with van der Waals surface area (Å²) in [6.45, 7) is 1.90. The van der Waals surface area contributed by atoms with Gasteiger partial charge in [-0.3, -0.25) is 19.3 Å². The van der Waals surface area contributed by atoms with E-state index in [2.05, 4.69) is 10.2 Å². The number of ketones is 1. The number of Topliss-reactive ketones (excluding diaryl/α,β-unsaturated/α-hetero) is 1. The van der Waals surface area contributed by atoms with Crippen LogP contribution in [-0.2, 0) is 32.3 Å². The molecule has 4 heterocycles. The van der Waals surface area contributed by atoms with Crippen molar-refractivity contribution in [2.45, 2.75) is 44.6 Å². The lowest BCUT2D eigenvalue weighted by Crippen LogP contribution is -2.61. The number of ether oxygens (including phenoxy) is 1. The maximum absolute atomic E-state index is 14.1. The Morgan fingerprint density at radius 2 is 1.85 bits per heavy atom. The number of amides is 2. The molecular formula is C29H30F2N4O4. The van der Waals surface area contributed by atoms with Crippen LogP contribution in [0.15, 0.2) is 60.0 Å². The zero-order chi connectivity index (χ0) is 27.1. The first-order chi connectivity index (χ1) is 18.9. The summed E-state index contributed by atoms with van der Waals surface area (Å²) in [6.07, 6.45) is 3.11. The van der Waals surface area contributed by atoms with Crippen LogP contribution in [0.3, 0.4) is 0 Å². The van der Waals surface area contributed by atoms with Crippen LogP contribution in [0.25, 0.3) is 0 Å². The highest BCUT2D eigenvalue weighted by molar-refractivity contribution is 6.14. The Hall–Kier alpha value is -3.79. The molecule has 1 N–H and O–H groups in total. The van der Waals surface area contributed by atoms with Gasteiger partial charge < -0.3 is 19.9 Å². The number of carbonyl (C=O) groups excluding carboxylic acids is 3. The number of benzene rings is 2. The molecule has 204 valence electrons. The van der Waals surface area contributed by atoms with E-state index < -0.39 is 29.2 Å². The first kappa shape index (κ1) is 25.5. The Kier molecular flexibility index (Phi) is 6.80. The van der Waals surface area contributed by atoms with E-state index in [4.69, 9.17) is 4.74 Å². The van der Waals surface area contributed by atoms with Crippen LogP contribution in [0, 0.1) is 17.6 Å². The number of rotatable bonds is 6. The standard InChI is InChI=1S/C29H30F2N4O4/c30-20-10-9-19(23(31)12-20)13-32-28(37)22-15-33-16-24-34-11-5-4-8-21(34)14-35(24)29(38)25(33)27(26(22)36)39-17-18-6-2-1-3-7-18/h1-3,6-7,9-10,12,21-22,24H,4-5,8,11,13-17H2,(H,32,37)/t21-,22?,24-/m1/s1. The van der Waals surface area contributed by atoms with Gasteiger partial charge in [0.15, 0.2) is 5.76 Å². The average molecular weight is 537 g/mol. The molecule has 4 aliphatic rings. The first-order valence-corrected chi connectivity index (χ1v) is 13.4. The predicted molar refractivity (Wildman–Crippen MR) is 136 cm³/mol. The van der Waals surface area contributed by atoms with Gasteiger partial charge in [-0.05, 0) is 24.5 Å².